The topological polar surface area (TPSA) is 66.8 Å². The smallest absolute Gasteiger partial charge is 0.335 e. The number of carboxylic acid groups (broad SMARTS) is 1. The molecule has 0 spiro atoms. The molecule has 1 aliphatic rings. The van der Waals surface area contributed by atoms with Gasteiger partial charge in [-0.1, -0.05) is 32.0 Å². The molecule has 1 amide bonds. The van der Waals surface area contributed by atoms with Gasteiger partial charge < -0.3 is 14.7 Å². The molecule has 0 saturated heterocycles. The highest BCUT2D eigenvalue weighted by atomic mass is 16.5. The largest absolute Gasteiger partial charge is 0.478 e. The van der Waals surface area contributed by atoms with Crippen molar-refractivity contribution in [3.05, 3.63) is 35.4 Å². The summed E-state index contributed by atoms with van der Waals surface area (Å²) in [5.74, 6) is -1.08. The first-order valence-corrected chi connectivity index (χ1v) is 7.76. The standard InChI is InChI=1S/C18H25NO4/c1-17(2)14(11-18(17,3)23-5)19(4)15(20)10-12-8-6-7-9-13(12)16(21)22/h6-9,14H,10-11H2,1-5H3,(H,21,22). The van der Waals surface area contributed by atoms with E-state index in [4.69, 9.17) is 4.74 Å². The predicted molar refractivity (Wildman–Crippen MR) is 87.5 cm³/mol. The van der Waals surface area contributed by atoms with E-state index in [1.54, 1.807) is 37.3 Å². The molecule has 0 heterocycles. The van der Waals surface area contributed by atoms with Crippen molar-refractivity contribution in [3.63, 3.8) is 0 Å². The van der Waals surface area contributed by atoms with Gasteiger partial charge in [0.25, 0.3) is 0 Å². The lowest BCUT2D eigenvalue weighted by molar-refractivity contribution is -0.207. The molecule has 1 saturated carbocycles. The molecule has 1 fully saturated rings. The van der Waals surface area contributed by atoms with Crippen LogP contribution in [0.1, 0.15) is 43.1 Å². The first-order chi connectivity index (χ1) is 10.6. The maximum Gasteiger partial charge on any atom is 0.335 e. The molecule has 0 aromatic heterocycles. The highest BCUT2D eigenvalue weighted by Gasteiger charge is 2.59. The number of amides is 1. The highest BCUT2D eigenvalue weighted by molar-refractivity contribution is 5.91. The summed E-state index contributed by atoms with van der Waals surface area (Å²) in [5.41, 5.74) is 0.330. The van der Waals surface area contributed by atoms with Gasteiger partial charge in [0, 0.05) is 25.6 Å². The summed E-state index contributed by atoms with van der Waals surface area (Å²) in [6, 6.07) is 6.72. The van der Waals surface area contributed by atoms with Crippen molar-refractivity contribution in [3.8, 4) is 0 Å². The van der Waals surface area contributed by atoms with Gasteiger partial charge in [-0.05, 0) is 25.0 Å². The summed E-state index contributed by atoms with van der Waals surface area (Å²) >= 11 is 0. The van der Waals surface area contributed by atoms with E-state index in [0.29, 0.717) is 5.56 Å². The molecule has 2 atom stereocenters. The van der Waals surface area contributed by atoms with Gasteiger partial charge in [-0.15, -0.1) is 0 Å². The Bertz CT molecular complexity index is 625. The van der Waals surface area contributed by atoms with Crippen molar-refractivity contribution in [2.24, 2.45) is 5.41 Å². The van der Waals surface area contributed by atoms with Crippen LogP contribution in [0.15, 0.2) is 24.3 Å². The van der Waals surface area contributed by atoms with Crippen molar-refractivity contribution in [1.29, 1.82) is 0 Å². The van der Waals surface area contributed by atoms with Gasteiger partial charge in [0.1, 0.15) is 0 Å². The molecule has 126 valence electrons. The fourth-order valence-electron chi connectivity index (χ4n) is 3.42. The lowest BCUT2D eigenvalue weighted by atomic mass is 9.55. The summed E-state index contributed by atoms with van der Waals surface area (Å²) in [6.45, 7) is 6.25. The van der Waals surface area contributed by atoms with Crippen LogP contribution in [0.4, 0.5) is 0 Å². The molecule has 0 radical (unpaired) electrons. The Morgan fingerprint density at radius 3 is 2.43 bits per heavy atom. The predicted octanol–water partition coefficient (Wildman–Crippen LogP) is 2.59. The molecule has 5 nitrogen and oxygen atoms in total. The van der Waals surface area contributed by atoms with Crippen molar-refractivity contribution < 1.29 is 19.4 Å². The number of methoxy groups -OCH3 is 1. The van der Waals surface area contributed by atoms with Gasteiger partial charge >= 0.3 is 5.97 Å². The van der Waals surface area contributed by atoms with Crippen molar-refractivity contribution in [2.45, 2.75) is 45.3 Å². The van der Waals surface area contributed by atoms with Crippen molar-refractivity contribution >= 4 is 11.9 Å². The molecular weight excluding hydrogens is 294 g/mol. The van der Waals surface area contributed by atoms with Gasteiger partial charge in [-0.25, -0.2) is 4.79 Å². The SMILES string of the molecule is COC1(C)CC(N(C)C(=O)Cc2ccccc2C(=O)O)C1(C)C. The molecular formula is C18H25NO4. The number of nitrogens with zero attached hydrogens (tertiary/aromatic N) is 1. The Morgan fingerprint density at radius 1 is 1.30 bits per heavy atom. The summed E-state index contributed by atoms with van der Waals surface area (Å²) in [6.07, 6.45) is 0.870. The number of carbonyl (C=O) groups excluding carboxylic acids is 1. The fourth-order valence-corrected chi connectivity index (χ4v) is 3.42. The zero-order valence-corrected chi connectivity index (χ0v) is 14.4. The third kappa shape index (κ3) is 2.85. The van der Waals surface area contributed by atoms with Gasteiger partial charge in [0.05, 0.1) is 17.6 Å². The number of hydrogen-bond donors (Lipinski definition) is 1. The second kappa shape index (κ2) is 5.96. The van der Waals surface area contributed by atoms with Crippen LogP contribution in [0, 0.1) is 5.41 Å². The third-order valence-electron chi connectivity index (χ3n) is 5.68. The van der Waals surface area contributed by atoms with E-state index < -0.39 is 5.97 Å². The van der Waals surface area contributed by atoms with Gasteiger partial charge in [0.2, 0.25) is 5.91 Å². The number of hydrogen-bond acceptors (Lipinski definition) is 3. The fraction of sp³-hybridized carbons (Fsp3) is 0.556. The van der Waals surface area contributed by atoms with Crippen LogP contribution in [0.2, 0.25) is 0 Å². The zero-order valence-electron chi connectivity index (χ0n) is 14.4. The molecule has 0 bridgehead atoms. The van der Waals surface area contributed by atoms with Gasteiger partial charge in [-0.2, -0.15) is 0 Å². The zero-order chi connectivity index (χ0) is 17.4. The maximum atomic E-state index is 12.6. The molecule has 1 aromatic rings. The molecule has 2 unspecified atom stereocenters. The summed E-state index contributed by atoms with van der Waals surface area (Å²) in [4.78, 5) is 25.6. The number of ether oxygens (including phenoxy) is 1. The lowest BCUT2D eigenvalue weighted by Gasteiger charge is -2.61. The number of likely N-dealkylation sites (N-methyl/N-ethyl adjacent to an activating group) is 1. The second-order valence-electron chi connectivity index (χ2n) is 7.02. The molecule has 5 heteroatoms. The summed E-state index contributed by atoms with van der Waals surface area (Å²) in [5, 5.41) is 9.23. The minimum atomic E-state index is -1.01. The van der Waals surface area contributed by atoms with E-state index in [9.17, 15) is 14.7 Å². The van der Waals surface area contributed by atoms with Crippen LogP contribution in [-0.2, 0) is 16.0 Å². The average Bonchev–Trinajstić information content (AvgIpc) is 2.51. The molecule has 2 rings (SSSR count). The monoisotopic (exact) mass is 319 g/mol. The van der Waals surface area contributed by atoms with E-state index in [-0.39, 0.29) is 34.9 Å². The Labute approximate surface area is 137 Å². The van der Waals surface area contributed by atoms with E-state index in [1.807, 2.05) is 0 Å². The third-order valence-corrected chi connectivity index (χ3v) is 5.68. The highest BCUT2D eigenvalue weighted by Crippen LogP contribution is 2.53. The number of carboxylic acids is 1. The first-order valence-electron chi connectivity index (χ1n) is 7.76. The Kier molecular flexibility index (Phi) is 4.53. The van der Waals surface area contributed by atoms with Crippen molar-refractivity contribution in [1.82, 2.24) is 4.90 Å². The molecule has 23 heavy (non-hydrogen) atoms. The molecule has 1 aliphatic carbocycles. The van der Waals surface area contributed by atoms with Crippen LogP contribution >= 0.6 is 0 Å². The normalized spacial score (nSPS) is 25.5. The minimum absolute atomic E-state index is 0.0741. The van der Waals surface area contributed by atoms with E-state index >= 15 is 0 Å². The Morgan fingerprint density at radius 2 is 1.91 bits per heavy atom. The van der Waals surface area contributed by atoms with Gasteiger partial charge in [0.15, 0.2) is 0 Å². The molecule has 1 aromatic carbocycles. The van der Waals surface area contributed by atoms with Crippen LogP contribution in [0.25, 0.3) is 0 Å². The first kappa shape index (κ1) is 17.5. The van der Waals surface area contributed by atoms with Crippen LogP contribution in [0.5, 0.6) is 0 Å². The Balaban J connectivity index is 2.12. The molecule has 1 N–H and O–H groups in total. The summed E-state index contributed by atoms with van der Waals surface area (Å²) < 4.78 is 5.60. The minimum Gasteiger partial charge on any atom is -0.478 e. The van der Waals surface area contributed by atoms with Crippen LogP contribution in [-0.4, -0.2) is 47.7 Å². The average molecular weight is 319 g/mol. The lowest BCUT2D eigenvalue weighted by Crippen LogP contribution is -2.68. The van der Waals surface area contributed by atoms with Gasteiger partial charge in [-0.3, -0.25) is 4.79 Å². The number of aromatic carboxylic acids is 1. The van der Waals surface area contributed by atoms with Crippen molar-refractivity contribution in [2.75, 3.05) is 14.2 Å². The van der Waals surface area contributed by atoms with E-state index in [2.05, 4.69) is 20.8 Å². The Hall–Kier alpha value is -1.88. The second-order valence-corrected chi connectivity index (χ2v) is 7.02. The number of benzene rings is 1. The van der Waals surface area contributed by atoms with E-state index in [0.717, 1.165) is 6.42 Å². The number of rotatable bonds is 5. The quantitative estimate of drug-likeness (QED) is 0.906. The molecule has 0 aliphatic heterocycles. The maximum absolute atomic E-state index is 12.6. The van der Waals surface area contributed by atoms with Crippen LogP contribution in [0.3, 0.4) is 0 Å². The van der Waals surface area contributed by atoms with Crippen LogP contribution < -0.4 is 0 Å². The van der Waals surface area contributed by atoms with E-state index in [1.165, 1.54) is 6.07 Å². The number of carbonyl (C=O) groups is 2. The summed E-state index contributed by atoms with van der Waals surface area (Å²) in [7, 11) is 3.48.